The van der Waals surface area contributed by atoms with Crippen molar-refractivity contribution in [1.29, 1.82) is 0 Å². The second-order valence-corrected chi connectivity index (χ2v) is 5.44. The first-order chi connectivity index (χ1) is 10.7. The molecule has 0 amide bonds. The van der Waals surface area contributed by atoms with Crippen LogP contribution in [0.1, 0.15) is 24.0 Å². The van der Waals surface area contributed by atoms with Crippen LogP contribution in [0.15, 0.2) is 73.5 Å². The van der Waals surface area contributed by atoms with Crippen LogP contribution < -0.4 is 0 Å². The molecule has 2 heteroatoms. The maximum atomic E-state index is 13.1. The Balaban J connectivity index is 0.00000192. The second-order valence-electron chi connectivity index (χ2n) is 5.44. The van der Waals surface area contributed by atoms with Gasteiger partial charge in [0.1, 0.15) is 6.10 Å². The number of aryl methyl sites for hydroxylation is 1. The molecular weight excluding hydrogens is 272 g/mol. The summed E-state index contributed by atoms with van der Waals surface area (Å²) >= 11 is 0. The highest BCUT2D eigenvalue weighted by Crippen LogP contribution is 2.35. The van der Waals surface area contributed by atoms with Crippen molar-refractivity contribution < 1.29 is 11.0 Å². The third kappa shape index (κ3) is 2.48. The largest absolute Gasteiger partial charge is 0.492 e. The van der Waals surface area contributed by atoms with Gasteiger partial charge in [0, 0.05) is 1.43 Å². The lowest BCUT2D eigenvalue weighted by atomic mass is 9.82. The van der Waals surface area contributed by atoms with Gasteiger partial charge in [-0.2, -0.15) is 0 Å². The lowest BCUT2D eigenvalue weighted by Gasteiger charge is -2.29. The molecule has 0 saturated heterocycles. The second kappa shape index (κ2) is 6.02. The standard InChI is InChI=1S/C20H18O2.H2/c1-3-18-19(15-10-5-4-6-11-15)20(21)17(13-22-18)16-12-8-7-9-14(16)2;/h3-13,18-19H,1H2,2H3;1H. The van der Waals surface area contributed by atoms with Gasteiger partial charge in [-0.1, -0.05) is 67.3 Å². The molecule has 0 aromatic heterocycles. The monoisotopic (exact) mass is 292 g/mol. The number of hydrogen-bond acceptors (Lipinski definition) is 2. The normalized spacial score (nSPS) is 21.0. The average Bonchev–Trinajstić information content (AvgIpc) is 2.56. The van der Waals surface area contributed by atoms with Crippen molar-refractivity contribution in [3.05, 3.63) is 90.2 Å². The van der Waals surface area contributed by atoms with E-state index in [1.165, 1.54) is 0 Å². The summed E-state index contributed by atoms with van der Waals surface area (Å²) in [4.78, 5) is 13.1. The SMILES string of the molecule is C=CC1OC=C(c2ccccc2C)C(=O)C1c1ccccc1.[HH]. The highest BCUT2D eigenvalue weighted by atomic mass is 16.5. The van der Waals surface area contributed by atoms with Gasteiger partial charge in [0.2, 0.25) is 0 Å². The maximum Gasteiger partial charge on any atom is 0.178 e. The molecule has 0 radical (unpaired) electrons. The van der Waals surface area contributed by atoms with Gasteiger partial charge in [0.25, 0.3) is 0 Å². The fourth-order valence-corrected chi connectivity index (χ4v) is 2.86. The molecular formula is C20H20O2. The molecule has 2 aromatic rings. The molecule has 1 aliphatic heterocycles. The van der Waals surface area contributed by atoms with E-state index in [0.29, 0.717) is 5.57 Å². The Bertz CT molecular complexity index is 734. The van der Waals surface area contributed by atoms with E-state index >= 15 is 0 Å². The number of allylic oxidation sites excluding steroid dienone is 1. The number of carbonyl (C=O) groups is 1. The number of benzene rings is 2. The zero-order valence-corrected chi connectivity index (χ0v) is 12.5. The van der Waals surface area contributed by atoms with Gasteiger partial charge in [0.15, 0.2) is 5.78 Å². The number of carbonyl (C=O) groups excluding carboxylic acids is 1. The zero-order valence-electron chi connectivity index (χ0n) is 12.5. The molecule has 0 spiro atoms. The van der Waals surface area contributed by atoms with E-state index in [1.807, 2.05) is 61.5 Å². The number of ether oxygens (including phenoxy) is 1. The Morgan fingerprint density at radius 2 is 1.77 bits per heavy atom. The summed E-state index contributed by atoms with van der Waals surface area (Å²) in [5.74, 6) is -0.269. The van der Waals surface area contributed by atoms with Crippen molar-refractivity contribution in [2.75, 3.05) is 0 Å². The summed E-state index contributed by atoms with van der Waals surface area (Å²) < 4.78 is 5.79. The van der Waals surface area contributed by atoms with Gasteiger partial charge >= 0.3 is 0 Å². The summed E-state index contributed by atoms with van der Waals surface area (Å²) in [5, 5.41) is 0. The number of ketones is 1. The minimum atomic E-state index is -0.349. The minimum absolute atomic E-state index is 0. The third-order valence-corrected chi connectivity index (χ3v) is 4.05. The Kier molecular flexibility index (Phi) is 3.92. The van der Waals surface area contributed by atoms with Crippen molar-refractivity contribution in [1.82, 2.24) is 0 Å². The van der Waals surface area contributed by atoms with E-state index in [2.05, 4.69) is 6.58 Å². The van der Waals surface area contributed by atoms with E-state index in [0.717, 1.165) is 16.7 Å². The molecule has 0 saturated carbocycles. The van der Waals surface area contributed by atoms with E-state index in [9.17, 15) is 4.79 Å². The highest BCUT2D eigenvalue weighted by molar-refractivity contribution is 6.24. The summed E-state index contributed by atoms with van der Waals surface area (Å²) in [7, 11) is 0. The van der Waals surface area contributed by atoms with Gasteiger partial charge in [-0.15, -0.1) is 0 Å². The first kappa shape index (κ1) is 14.3. The van der Waals surface area contributed by atoms with Crippen LogP contribution in [0.4, 0.5) is 0 Å². The van der Waals surface area contributed by atoms with Gasteiger partial charge in [-0.3, -0.25) is 4.79 Å². The van der Waals surface area contributed by atoms with Gasteiger partial charge in [-0.05, 0) is 23.6 Å². The van der Waals surface area contributed by atoms with Crippen molar-refractivity contribution in [2.24, 2.45) is 0 Å². The predicted molar refractivity (Wildman–Crippen MR) is 90.5 cm³/mol. The fraction of sp³-hybridized carbons (Fsp3) is 0.150. The quantitative estimate of drug-likeness (QED) is 0.777. The van der Waals surface area contributed by atoms with Crippen molar-refractivity contribution in [3.63, 3.8) is 0 Å². The zero-order chi connectivity index (χ0) is 15.5. The number of Topliss-reactive ketones (excluding diaryl/α,β-unsaturated/α-hetero) is 1. The lowest BCUT2D eigenvalue weighted by Crippen LogP contribution is -2.30. The first-order valence-electron chi connectivity index (χ1n) is 7.35. The van der Waals surface area contributed by atoms with Crippen molar-refractivity contribution in [2.45, 2.75) is 18.9 Å². The molecule has 2 aromatic carbocycles. The third-order valence-electron chi connectivity index (χ3n) is 4.05. The lowest BCUT2D eigenvalue weighted by molar-refractivity contribution is -0.118. The van der Waals surface area contributed by atoms with E-state index in [4.69, 9.17) is 4.74 Å². The van der Waals surface area contributed by atoms with Crippen molar-refractivity contribution >= 4 is 11.4 Å². The topological polar surface area (TPSA) is 26.3 Å². The molecule has 0 N–H and O–H groups in total. The average molecular weight is 292 g/mol. The Hall–Kier alpha value is -2.61. The molecule has 0 bridgehead atoms. The van der Waals surface area contributed by atoms with Crippen LogP contribution in [0.3, 0.4) is 0 Å². The Labute approximate surface area is 132 Å². The van der Waals surface area contributed by atoms with E-state index < -0.39 is 0 Å². The molecule has 0 fully saturated rings. The molecule has 2 atom stereocenters. The van der Waals surface area contributed by atoms with Crippen molar-refractivity contribution in [3.8, 4) is 0 Å². The summed E-state index contributed by atoms with van der Waals surface area (Å²) in [6.45, 7) is 5.80. The summed E-state index contributed by atoms with van der Waals surface area (Å²) in [6, 6.07) is 17.6. The minimum Gasteiger partial charge on any atom is -0.492 e. The fourth-order valence-electron chi connectivity index (χ4n) is 2.86. The molecule has 112 valence electrons. The summed E-state index contributed by atoms with van der Waals surface area (Å²) in [6.07, 6.45) is 2.94. The smallest absolute Gasteiger partial charge is 0.178 e. The van der Waals surface area contributed by atoms with Gasteiger partial charge in [0.05, 0.1) is 17.8 Å². The molecule has 1 heterocycles. The molecule has 1 aliphatic rings. The molecule has 0 aliphatic carbocycles. The van der Waals surface area contributed by atoms with Gasteiger partial charge < -0.3 is 4.74 Å². The summed E-state index contributed by atoms with van der Waals surface area (Å²) in [5.41, 5.74) is 3.58. The van der Waals surface area contributed by atoms with Crippen LogP contribution in [0.25, 0.3) is 5.57 Å². The number of rotatable bonds is 3. The van der Waals surface area contributed by atoms with Crippen LogP contribution in [-0.2, 0) is 9.53 Å². The first-order valence-corrected chi connectivity index (χ1v) is 7.35. The van der Waals surface area contributed by atoms with Crippen LogP contribution in [0, 0.1) is 6.92 Å². The van der Waals surface area contributed by atoms with Crippen LogP contribution in [0.2, 0.25) is 0 Å². The number of hydrogen-bond donors (Lipinski definition) is 0. The predicted octanol–water partition coefficient (Wildman–Crippen LogP) is 4.52. The van der Waals surface area contributed by atoms with Gasteiger partial charge in [-0.25, -0.2) is 0 Å². The molecule has 2 unspecified atom stereocenters. The molecule has 3 rings (SSSR count). The van der Waals surface area contributed by atoms with E-state index in [1.54, 1.807) is 12.3 Å². The van der Waals surface area contributed by atoms with Crippen LogP contribution >= 0.6 is 0 Å². The molecule has 2 nitrogen and oxygen atoms in total. The Morgan fingerprint density at radius 3 is 2.45 bits per heavy atom. The highest BCUT2D eigenvalue weighted by Gasteiger charge is 2.35. The van der Waals surface area contributed by atoms with Crippen LogP contribution in [0.5, 0.6) is 0 Å². The Morgan fingerprint density at radius 1 is 1.09 bits per heavy atom. The van der Waals surface area contributed by atoms with Crippen LogP contribution in [-0.4, -0.2) is 11.9 Å². The van der Waals surface area contributed by atoms with E-state index in [-0.39, 0.29) is 19.2 Å². The maximum absolute atomic E-state index is 13.1. The molecule has 22 heavy (non-hydrogen) atoms.